The van der Waals surface area contributed by atoms with Crippen LogP contribution in [-0.2, 0) is 0 Å². The summed E-state index contributed by atoms with van der Waals surface area (Å²) in [6.07, 6.45) is 0. The van der Waals surface area contributed by atoms with Gasteiger partial charge in [-0.05, 0) is 24.3 Å². The van der Waals surface area contributed by atoms with Crippen LogP contribution >= 0.6 is 11.6 Å². The third-order valence-electron chi connectivity index (χ3n) is 2.50. The molecule has 96 valence electrons. The van der Waals surface area contributed by atoms with E-state index in [4.69, 9.17) is 32.1 Å². The zero-order chi connectivity index (χ0) is 13.8. The number of nitrogens with zero attached hydrogens (tertiary/aromatic N) is 1. The summed E-state index contributed by atoms with van der Waals surface area (Å²) >= 11 is 5.89. The Kier molecular flexibility index (Phi) is 3.79. The third-order valence-corrected chi connectivity index (χ3v) is 2.74. The van der Waals surface area contributed by atoms with Gasteiger partial charge >= 0.3 is 0 Å². The van der Waals surface area contributed by atoms with Gasteiger partial charge in [0, 0.05) is 17.2 Å². The van der Waals surface area contributed by atoms with Gasteiger partial charge in [-0.3, -0.25) is 0 Å². The maximum Gasteiger partial charge on any atom is 0.154 e. The van der Waals surface area contributed by atoms with Gasteiger partial charge in [-0.25, -0.2) is 0 Å². The number of benzene rings is 2. The van der Waals surface area contributed by atoms with Gasteiger partial charge < -0.3 is 15.2 Å². The fourth-order valence-electron chi connectivity index (χ4n) is 1.52. The van der Waals surface area contributed by atoms with Crippen molar-refractivity contribution < 1.29 is 9.47 Å². The van der Waals surface area contributed by atoms with E-state index in [1.54, 1.807) is 43.5 Å². The number of hydrogen-bond acceptors (Lipinski definition) is 4. The number of nitrogens with two attached hydrogens (primary N) is 1. The molecule has 2 aromatic rings. The molecule has 0 amide bonds. The number of ether oxygens (including phenoxy) is 2. The predicted octanol–water partition coefficient (Wildman–Crippen LogP) is 3.59. The Morgan fingerprint density at radius 1 is 1.16 bits per heavy atom. The molecule has 0 atom stereocenters. The first kappa shape index (κ1) is 13.1. The maximum absolute atomic E-state index is 9.03. The molecule has 0 heterocycles. The number of methoxy groups -OCH3 is 1. The molecule has 0 saturated heterocycles. The lowest BCUT2D eigenvalue weighted by Crippen LogP contribution is -1.95. The van der Waals surface area contributed by atoms with Gasteiger partial charge in [-0.15, -0.1) is 0 Å². The molecule has 0 aromatic heterocycles. The van der Waals surface area contributed by atoms with Crippen molar-refractivity contribution in [3.63, 3.8) is 0 Å². The van der Waals surface area contributed by atoms with E-state index in [-0.39, 0.29) is 0 Å². The van der Waals surface area contributed by atoms with Crippen LogP contribution in [0, 0.1) is 11.3 Å². The van der Waals surface area contributed by atoms with Crippen LogP contribution in [0.2, 0.25) is 5.02 Å². The lowest BCUT2D eigenvalue weighted by Gasteiger charge is -2.11. The molecule has 0 bridgehead atoms. The van der Waals surface area contributed by atoms with Crippen LogP contribution in [0.1, 0.15) is 5.56 Å². The van der Waals surface area contributed by atoms with Crippen molar-refractivity contribution >= 4 is 17.3 Å². The molecule has 0 spiro atoms. The average molecular weight is 275 g/mol. The van der Waals surface area contributed by atoms with Crippen LogP contribution in [0.5, 0.6) is 17.2 Å². The Balaban J connectivity index is 2.41. The molecule has 4 nitrogen and oxygen atoms in total. The summed E-state index contributed by atoms with van der Waals surface area (Å²) < 4.78 is 10.7. The van der Waals surface area contributed by atoms with E-state index >= 15 is 0 Å². The molecule has 0 saturated carbocycles. The zero-order valence-corrected chi connectivity index (χ0v) is 10.9. The SMILES string of the molecule is COc1ccc(N)c(Oc2cc(Cl)ccc2C#N)c1. The van der Waals surface area contributed by atoms with E-state index < -0.39 is 0 Å². The van der Waals surface area contributed by atoms with Gasteiger partial charge in [0.1, 0.15) is 17.6 Å². The zero-order valence-electron chi connectivity index (χ0n) is 10.2. The molecule has 19 heavy (non-hydrogen) atoms. The highest BCUT2D eigenvalue weighted by molar-refractivity contribution is 6.30. The van der Waals surface area contributed by atoms with E-state index in [9.17, 15) is 0 Å². The van der Waals surface area contributed by atoms with Crippen molar-refractivity contribution in [1.82, 2.24) is 0 Å². The van der Waals surface area contributed by atoms with Crippen molar-refractivity contribution in [3.05, 3.63) is 47.0 Å². The van der Waals surface area contributed by atoms with Gasteiger partial charge in [0.2, 0.25) is 0 Å². The summed E-state index contributed by atoms with van der Waals surface area (Å²) in [7, 11) is 1.55. The predicted molar refractivity (Wildman–Crippen MR) is 73.6 cm³/mol. The number of rotatable bonds is 3. The first-order chi connectivity index (χ1) is 9.13. The molecular formula is C14H11ClN2O2. The van der Waals surface area contributed by atoms with Crippen molar-refractivity contribution in [2.45, 2.75) is 0 Å². The minimum absolute atomic E-state index is 0.356. The summed E-state index contributed by atoms with van der Waals surface area (Å²) in [6, 6.07) is 11.9. The second kappa shape index (κ2) is 5.51. The topological polar surface area (TPSA) is 68.3 Å². The normalized spacial score (nSPS) is 9.74. The van der Waals surface area contributed by atoms with Gasteiger partial charge in [0.15, 0.2) is 5.75 Å². The van der Waals surface area contributed by atoms with Gasteiger partial charge in [-0.1, -0.05) is 11.6 Å². The number of nitrogen functional groups attached to an aromatic ring is 1. The molecule has 2 N–H and O–H groups in total. The number of halogens is 1. The number of nitriles is 1. The number of anilines is 1. The van der Waals surface area contributed by atoms with E-state index in [2.05, 4.69) is 0 Å². The van der Waals surface area contributed by atoms with E-state index in [1.807, 2.05) is 6.07 Å². The summed E-state index contributed by atoms with van der Waals surface area (Å²) in [5.74, 6) is 1.39. The maximum atomic E-state index is 9.03. The first-order valence-electron chi connectivity index (χ1n) is 5.45. The Bertz CT molecular complexity index is 650. The van der Waals surface area contributed by atoms with E-state index in [0.29, 0.717) is 33.5 Å². The van der Waals surface area contributed by atoms with Crippen molar-refractivity contribution in [2.75, 3.05) is 12.8 Å². The molecule has 5 heteroatoms. The van der Waals surface area contributed by atoms with Gasteiger partial charge in [0.25, 0.3) is 0 Å². The molecule has 0 fully saturated rings. The van der Waals surface area contributed by atoms with Crippen LogP contribution in [0.4, 0.5) is 5.69 Å². The van der Waals surface area contributed by atoms with Gasteiger partial charge in [0.05, 0.1) is 18.4 Å². The number of hydrogen-bond donors (Lipinski definition) is 1. The van der Waals surface area contributed by atoms with Crippen LogP contribution < -0.4 is 15.2 Å². The van der Waals surface area contributed by atoms with E-state index in [1.165, 1.54) is 0 Å². The van der Waals surface area contributed by atoms with Crippen molar-refractivity contribution in [3.8, 4) is 23.3 Å². The Morgan fingerprint density at radius 2 is 1.95 bits per heavy atom. The highest BCUT2D eigenvalue weighted by Crippen LogP contribution is 2.33. The Morgan fingerprint density at radius 3 is 2.63 bits per heavy atom. The fraction of sp³-hybridized carbons (Fsp3) is 0.0714. The second-order valence-corrected chi connectivity index (χ2v) is 4.19. The Hall–Kier alpha value is -2.38. The van der Waals surface area contributed by atoms with Crippen LogP contribution in [0.25, 0.3) is 0 Å². The molecule has 2 rings (SSSR count). The molecule has 0 radical (unpaired) electrons. The third kappa shape index (κ3) is 2.90. The van der Waals surface area contributed by atoms with E-state index in [0.717, 1.165) is 0 Å². The highest BCUT2D eigenvalue weighted by Gasteiger charge is 2.09. The first-order valence-corrected chi connectivity index (χ1v) is 5.83. The fourth-order valence-corrected chi connectivity index (χ4v) is 1.68. The summed E-state index contributed by atoms with van der Waals surface area (Å²) in [4.78, 5) is 0. The monoisotopic (exact) mass is 274 g/mol. The van der Waals surface area contributed by atoms with Gasteiger partial charge in [-0.2, -0.15) is 5.26 Å². The summed E-state index contributed by atoms with van der Waals surface area (Å²) in [6.45, 7) is 0. The Labute approximate surface area is 115 Å². The summed E-state index contributed by atoms with van der Waals surface area (Å²) in [5, 5.41) is 9.51. The minimum atomic E-state index is 0.356. The minimum Gasteiger partial charge on any atom is -0.497 e. The van der Waals surface area contributed by atoms with Crippen LogP contribution in [0.15, 0.2) is 36.4 Å². The molecule has 0 aliphatic heterocycles. The highest BCUT2D eigenvalue weighted by atomic mass is 35.5. The standard InChI is InChI=1S/C14H11ClN2O2/c1-18-11-4-5-12(17)14(7-11)19-13-6-10(15)3-2-9(13)8-16/h2-7H,17H2,1H3. The molecule has 0 aliphatic rings. The molecule has 2 aromatic carbocycles. The average Bonchev–Trinajstić information content (AvgIpc) is 2.41. The lowest BCUT2D eigenvalue weighted by molar-refractivity contribution is 0.409. The van der Waals surface area contributed by atoms with Crippen molar-refractivity contribution in [1.29, 1.82) is 5.26 Å². The quantitative estimate of drug-likeness (QED) is 0.869. The molecular weight excluding hydrogens is 264 g/mol. The summed E-state index contributed by atoms with van der Waals surface area (Å²) in [5.41, 5.74) is 6.66. The molecule has 0 unspecified atom stereocenters. The second-order valence-electron chi connectivity index (χ2n) is 3.76. The van der Waals surface area contributed by atoms with Crippen molar-refractivity contribution in [2.24, 2.45) is 0 Å². The lowest BCUT2D eigenvalue weighted by atomic mass is 10.2. The van der Waals surface area contributed by atoms with Crippen LogP contribution in [-0.4, -0.2) is 7.11 Å². The molecule has 0 aliphatic carbocycles. The smallest absolute Gasteiger partial charge is 0.154 e. The largest absolute Gasteiger partial charge is 0.497 e. The van der Waals surface area contributed by atoms with Crippen LogP contribution in [0.3, 0.4) is 0 Å².